The summed E-state index contributed by atoms with van der Waals surface area (Å²) in [6.45, 7) is 6.55. The molecule has 1 N–H and O–H groups in total. The highest BCUT2D eigenvalue weighted by atomic mass is 16.1. The Bertz CT molecular complexity index is 594. The van der Waals surface area contributed by atoms with E-state index in [1.165, 1.54) is 11.1 Å². The number of hydrogen-bond donors (Lipinski definition) is 1. The van der Waals surface area contributed by atoms with Gasteiger partial charge >= 0.3 is 0 Å². The van der Waals surface area contributed by atoms with Crippen LogP contribution in [-0.2, 0) is 11.8 Å². The van der Waals surface area contributed by atoms with Gasteiger partial charge in [0.25, 0.3) is 5.56 Å². The second-order valence-electron chi connectivity index (χ2n) is 5.49. The number of H-pyrrole nitrogens is 1. The Kier molecular flexibility index (Phi) is 3.32. The molecule has 0 radical (unpaired) electrons. The molecule has 0 saturated heterocycles. The molecule has 0 aliphatic heterocycles. The number of hydrogen-bond acceptors (Lipinski definition) is 2. The summed E-state index contributed by atoms with van der Waals surface area (Å²) in [5.41, 5.74) is 3.20. The minimum Gasteiger partial charge on any atom is -0.268 e. The lowest BCUT2D eigenvalue weighted by Crippen LogP contribution is -2.17. The maximum Gasteiger partial charge on any atom is 0.267 e. The van der Waals surface area contributed by atoms with E-state index in [1.807, 2.05) is 12.1 Å². The minimum atomic E-state index is -0.110. The quantitative estimate of drug-likeness (QED) is 0.880. The van der Waals surface area contributed by atoms with Crippen LogP contribution < -0.4 is 5.56 Å². The normalized spacial score (nSPS) is 11.5. The van der Waals surface area contributed by atoms with E-state index in [1.54, 1.807) is 12.3 Å². The molecule has 0 saturated carbocycles. The van der Waals surface area contributed by atoms with Crippen LogP contribution in [0.25, 0.3) is 0 Å². The molecule has 0 bridgehead atoms. The van der Waals surface area contributed by atoms with Gasteiger partial charge in [0.05, 0.1) is 0 Å². The molecule has 0 aliphatic carbocycles. The van der Waals surface area contributed by atoms with E-state index in [9.17, 15) is 4.79 Å². The monoisotopic (exact) mass is 242 g/mol. The molecule has 0 amide bonds. The van der Waals surface area contributed by atoms with Gasteiger partial charge < -0.3 is 0 Å². The van der Waals surface area contributed by atoms with Crippen LogP contribution in [0, 0.1) is 0 Å². The number of aromatic amines is 1. The van der Waals surface area contributed by atoms with Crippen molar-refractivity contribution >= 4 is 0 Å². The van der Waals surface area contributed by atoms with Crippen molar-refractivity contribution in [3.05, 3.63) is 63.6 Å². The van der Waals surface area contributed by atoms with Gasteiger partial charge in [0.2, 0.25) is 0 Å². The second-order valence-corrected chi connectivity index (χ2v) is 5.49. The Morgan fingerprint density at radius 1 is 1.11 bits per heavy atom. The first-order valence-electron chi connectivity index (χ1n) is 6.09. The maximum absolute atomic E-state index is 11.7. The molecular weight excluding hydrogens is 224 g/mol. The molecule has 3 heteroatoms. The Hall–Kier alpha value is -1.90. The Labute approximate surface area is 107 Å². The van der Waals surface area contributed by atoms with E-state index < -0.39 is 0 Å². The topological polar surface area (TPSA) is 45.8 Å². The molecule has 18 heavy (non-hydrogen) atoms. The SMILES string of the molecule is CC(C)(C)c1ccccc1Cc1ccn[nH]c1=O. The van der Waals surface area contributed by atoms with Crippen LogP contribution in [0.5, 0.6) is 0 Å². The van der Waals surface area contributed by atoms with E-state index in [2.05, 4.69) is 43.1 Å². The molecular formula is C15H18N2O. The summed E-state index contributed by atoms with van der Waals surface area (Å²) in [5, 5.41) is 6.19. The van der Waals surface area contributed by atoms with E-state index >= 15 is 0 Å². The van der Waals surface area contributed by atoms with Gasteiger partial charge in [-0.3, -0.25) is 4.79 Å². The van der Waals surface area contributed by atoms with E-state index in [-0.39, 0.29) is 11.0 Å². The molecule has 2 aromatic rings. The molecule has 3 nitrogen and oxygen atoms in total. The van der Waals surface area contributed by atoms with Crippen molar-refractivity contribution in [3.8, 4) is 0 Å². The van der Waals surface area contributed by atoms with Gasteiger partial charge in [0.15, 0.2) is 0 Å². The van der Waals surface area contributed by atoms with Crippen LogP contribution in [0.3, 0.4) is 0 Å². The first-order chi connectivity index (χ1) is 8.48. The summed E-state index contributed by atoms with van der Waals surface area (Å²) >= 11 is 0. The largest absolute Gasteiger partial charge is 0.268 e. The summed E-state index contributed by atoms with van der Waals surface area (Å²) in [4.78, 5) is 11.7. The summed E-state index contributed by atoms with van der Waals surface area (Å²) in [5.74, 6) is 0. The van der Waals surface area contributed by atoms with E-state index in [0.29, 0.717) is 6.42 Å². The van der Waals surface area contributed by atoms with Crippen LogP contribution in [-0.4, -0.2) is 10.2 Å². The van der Waals surface area contributed by atoms with Crippen molar-refractivity contribution < 1.29 is 0 Å². The molecule has 0 atom stereocenters. The van der Waals surface area contributed by atoms with E-state index in [0.717, 1.165) is 5.56 Å². The number of aromatic nitrogens is 2. The predicted octanol–water partition coefficient (Wildman–Crippen LogP) is 2.66. The molecule has 1 aromatic heterocycles. The zero-order valence-electron chi connectivity index (χ0n) is 11.0. The molecule has 0 aliphatic rings. The summed E-state index contributed by atoms with van der Waals surface area (Å²) < 4.78 is 0. The van der Waals surface area contributed by atoms with Gasteiger partial charge in [-0.05, 0) is 22.6 Å². The molecule has 0 spiro atoms. The van der Waals surface area contributed by atoms with Crippen molar-refractivity contribution in [1.29, 1.82) is 0 Å². The third-order valence-corrected chi connectivity index (χ3v) is 3.01. The number of nitrogens with zero attached hydrogens (tertiary/aromatic N) is 1. The lowest BCUT2D eigenvalue weighted by molar-refractivity contribution is 0.584. The summed E-state index contributed by atoms with van der Waals surface area (Å²) in [6, 6.07) is 10.0. The fourth-order valence-corrected chi connectivity index (χ4v) is 2.12. The van der Waals surface area contributed by atoms with Gasteiger partial charge in [-0.25, -0.2) is 5.10 Å². The Morgan fingerprint density at radius 2 is 1.83 bits per heavy atom. The maximum atomic E-state index is 11.7. The van der Waals surface area contributed by atoms with Gasteiger partial charge in [0, 0.05) is 18.2 Å². The Balaban J connectivity index is 2.42. The third-order valence-electron chi connectivity index (χ3n) is 3.01. The molecule has 0 unspecified atom stereocenters. The highest BCUT2D eigenvalue weighted by Crippen LogP contribution is 2.26. The Morgan fingerprint density at radius 3 is 2.50 bits per heavy atom. The molecule has 1 heterocycles. The smallest absolute Gasteiger partial charge is 0.267 e. The van der Waals surface area contributed by atoms with E-state index in [4.69, 9.17) is 0 Å². The predicted molar refractivity (Wildman–Crippen MR) is 72.8 cm³/mol. The molecule has 0 fully saturated rings. The van der Waals surface area contributed by atoms with Gasteiger partial charge in [0.1, 0.15) is 0 Å². The highest BCUT2D eigenvalue weighted by Gasteiger charge is 2.17. The fraction of sp³-hybridized carbons (Fsp3) is 0.333. The van der Waals surface area contributed by atoms with Gasteiger partial charge in [-0.15, -0.1) is 0 Å². The van der Waals surface area contributed by atoms with Crippen molar-refractivity contribution in [3.63, 3.8) is 0 Å². The third kappa shape index (κ3) is 2.67. The number of nitrogens with one attached hydrogen (secondary N) is 1. The van der Waals surface area contributed by atoms with Gasteiger partial charge in [-0.2, -0.15) is 5.10 Å². The van der Waals surface area contributed by atoms with Crippen molar-refractivity contribution in [2.24, 2.45) is 0 Å². The summed E-state index contributed by atoms with van der Waals surface area (Å²) in [7, 11) is 0. The first-order valence-corrected chi connectivity index (χ1v) is 6.09. The van der Waals surface area contributed by atoms with Gasteiger partial charge in [-0.1, -0.05) is 45.0 Å². The zero-order chi connectivity index (χ0) is 13.2. The highest BCUT2D eigenvalue weighted by molar-refractivity contribution is 5.36. The van der Waals surface area contributed by atoms with Crippen molar-refractivity contribution in [2.75, 3.05) is 0 Å². The lowest BCUT2D eigenvalue weighted by atomic mass is 9.82. The average molecular weight is 242 g/mol. The first kappa shape index (κ1) is 12.6. The molecule has 2 rings (SSSR count). The second kappa shape index (κ2) is 4.77. The van der Waals surface area contributed by atoms with Crippen LogP contribution in [0.2, 0.25) is 0 Å². The van der Waals surface area contributed by atoms with Crippen LogP contribution >= 0.6 is 0 Å². The average Bonchev–Trinajstić information content (AvgIpc) is 2.31. The minimum absolute atomic E-state index is 0.0797. The summed E-state index contributed by atoms with van der Waals surface area (Å²) in [6.07, 6.45) is 2.27. The van der Waals surface area contributed by atoms with Crippen LogP contribution in [0.1, 0.15) is 37.5 Å². The standard InChI is InChI=1S/C15H18N2O/c1-15(2,3)13-7-5-4-6-11(13)10-12-8-9-16-17-14(12)18/h4-9H,10H2,1-3H3,(H,17,18). The van der Waals surface area contributed by atoms with Crippen LogP contribution in [0.4, 0.5) is 0 Å². The number of rotatable bonds is 2. The molecule has 94 valence electrons. The molecule has 1 aromatic carbocycles. The fourth-order valence-electron chi connectivity index (χ4n) is 2.12. The van der Waals surface area contributed by atoms with Crippen molar-refractivity contribution in [2.45, 2.75) is 32.6 Å². The number of benzene rings is 1. The van der Waals surface area contributed by atoms with Crippen molar-refractivity contribution in [1.82, 2.24) is 10.2 Å². The lowest BCUT2D eigenvalue weighted by Gasteiger charge is -2.22. The zero-order valence-corrected chi connectivity index (χ0v) is 11.0. The van der Waals surface area contributed by atoms with Crippen LogP contribution in [0.15, 0.2) is 41.3 Å².